The number of fused-ring (bicyclic) bond motifs is 1. The molecule has 17 heavy (non-hydrogen) atoms. The molecule has 0 fully saturated rings. The number of H-pyrrole nitrogens is 1. The second-order valence-electron chi connectivity index (χ2n) is 3.74. The lowest BCUT2D eigenvalue weighted by Crippen LogP contribution is -2.06. The summed E-state index contributed by atoms with van der Waals surface area (Å²) in [5.74, 6) is 0. The zero-order chi connectivity index (χ0) is 11.7. The first kappa shape index (κ1) is 9.72. The number of rotatable bonds is 1. The van der Waals surface area contributed by atoms with Gasteiger partial charge >= 0.3 is 0 Å². The summed E-state index contributed by atoms with van der Waals surface area (Å²) in [5.41, 5.74) is 1.88. The molecule has 0 unspecified atom stereocenters. The lowest BCUT2D eigenvalue weighted by atomic mass is 10.0. The largest absolute Gasteiger partial charge is 0.272 e. The Bertz CT molecular complexity index is 719. The van der Waals surface area contributed by atoms with Crippen molar-refractivity contribution in [1.29, 1.82) is 0 Å². The minimum atomic E-state index is -0.166. The number of aromatic amines is 1. The van der Waals surface area contributed by atoms with Crippen LogP contribution in [0.1, 0.15) is 0 Å². The lowest BCUT2D eigenvalue weighted by Gasteiger charge is -2.02. The van der Waals surface area contributed by atoms with Crippen LogP contribution in [0, 0.1) is 0 Å². The van der Waals surface area contributed by atoms with Crippen LogP contribution in [0.15, 0.2) is 53.7 Å². The van der Waals surface area contributed by atoms with Crippen molar-refractivity contribution in [1.82, 2.24) is 15.2 Å². The first-order chi connectivity index (χ1) is 8.34. The van der Waals surface area contributed by atoms with Crippen molar-refractivity contribution in [2.45, 2.75) is 0 Å². The van der Waals surface area contributed by atoms with Crippen LogP contribution in [0.4, 0.5) is 0 Å². The van der Waals surface area contributed by atoms with Gasteiger partial charge in [0.05, 0.1) is 11.6 Å². The fourth-order valence-electron chi connectivity index (χ4n) is 1.81. The predicted octanol–water partition coefficient (Wildman–Crippen LogP) is 1.99. The number of aromatic nitrogens is 3. The van der Waals surface area contributed by atoms with E-state index >= 15 is 0 Å². The molecule has 3 aromatic rings. The molecule has 0 radical (unpaired) electrons. The molecule has 0 amide bonds. The molecule has 0 aliphatic carbocycles. The van der Waals surface area contributed by atoms with Gasteiger partial charge in [0.25, 0.3) is 5.56 Å². The predicted molar refractivity (Wildman–Crippen MR) is 65.6 cm³/mol. The number of benzene rings is 1. The summed E-state index contributed by atoms with van der Waals surface area (Å²) in [5, 5.41) is 7.68. The van der Waals surface area contributed by atoms with Crippen LogP contribution in [-0.4, -0.2) is 15.2 Å². The Labute approximate surface area is 97.0 Å². The average Bonchev–Trinajstić information content (AvgIpc) is 2.40. The normalized spacial score (nSPS) is 10.6. The smallest absolute Gasteiger partial charge is 0.267 e. The van der Waals surface area contributed by atoms with E-state index in [9.17, 15) is 4.79 Å². The molecule has 2 heterocycles. The van der Waals surface area contributed by atoms with Gasteiger partial charge < -0.3 is 0 Å². The van der Waals surface area contributed by atoms with Gasteiger partial charge in [0.1, 0.15) is 0 Å². The maximum absolute atomic E-state index is 11.5. The summed E-state index contributed by atoms with van der Waals surface area (Å²) in [6.45, 7) is 0. The minimum absolute atomic E-state index is 0.166. The van der Waals surface area contributed by atoms with Crippen LogP contribution in [0.5, 0.6) is 0 Å². The van der Waals surface area contributed by atoms with Gasteiger partial charge in [0, 0.05) is 23.3 Å². The molecular weight excluding hydrogens is 214 g/mol. The Morgan fingerprint density at radius 1 is 1.06 bits per heavy atom. The quantitative estimate of drug-likeness (QED) is 0.686. The molecule has 4 nitrogen and oxygen atoms in total. The Kier molecular flexibility index (Phi) is 2.19. The maximum Gasteiger partial charge on any atom is 0.272 e. The van der Waals surface area contributed by atoms with Gasteiger partial charge in [-0.05, 0) is 23.8 Å². The summed E-state index contributed by atoms with van der Waals surface area (Å²) in [4.78, 5) is 15.6. The first-order valence-electron chi connectivity index (χ1n) is 5.22. The molecule has 0 aliphatic rings. The Morgan fingerprint density at radius 2 is 2.00 bits per heavy atom. The molecular formula is C13H9N3O. The van der Waals surface area contributed by atoms with Crippen molar-refractivity contribution in [2.24, 2.45) is 0 Å². The van der Waals surface area contributed by atoms with E-state index < -0.39 is 0 Å². The number of nitrogens with zero attached hydrogens (tertiary/aromatic N) is 2. The highest BCUT2D eigenvalue weighted by Gasteiger charge is 2.02. The lowest BCUT2D eigenvalue weighted by molar-refractivity contribution is 1.01. The third-order valence-electron chi connectivity index (χ3n) is 2.66. The molecule has 1 aromatic carbocycles. The van der Waals surface area contributed by atoms with Crippen molar-refractivity contribution in [3.63, 3.8) is 0 Å². The van der Waals surface area contributed by atoms with E-state index in [1.807, 2.05) is 24.3 Å². The Balaban J connectivity index is 2.25. The molecule has 82 valence electrons. The van der Waals surface area contributed by atoms with Crippen molar-refractivity contribution >= 4 is 10.8 Å². The molecule has 0 saturated heterocycles. The molecule has 0 atom stereocenters. The molecule has 0 saturated carbocycles. The highest BCUT2D eigenvalue weighted by atomic mass is 16.1. The van der Waals surface area contributed by atoms with E-state index in [4.69, 9.17) is 0 Å². The maximum atomic E-state index is 11.5. The van der Waals surface area contributed by atoms with E-state index in [1.165, 1.54) is 0 Å². The fraction of sp³-hybridized carbons (Fsp3) is 0. The molecule has 1 N–H and O–H groups in total. The molecule has 0 spiro atoms. The van der Waals surface area contributed by atoms with Crippen LogP contribution in [0.2, 0.25) is 0 Å². The van der Waals surface area contributed by atoms with Gasteiger partial charge in [-0.1, -0.05) is 12.1 Å². The van der Waals surface area contributed by atoms with Crippen LogP contribution in [0.25, 0.3) is 21.9 Å². The molecule has 3 rings (SSSR count). The minimum Gasteiger partial charge on any atom is -0.267 e. The number of hydrogen-bond donors (Lipinski definition) is 1. The van der Waals surface area contributed by atoms with Crippen LogP contribution >= 0.6 is 0 Å². The van der Waals surface area contributed by atoms with Crippen LogP contribution < -0.4 is 5.56 Å². The van der Waals surface area contributed by atoms with E-state index in [0.29, 0.717) is 5.39 Å². The van der Waals surface area contributed by atoms with Crippen LogP contribution in [-0.2, 0) is 0 Å². The number of hydrogen-bond acceptors (Lipinski definition) is 3. The fourth-order valence-corrected chi connectivity index (χ4v) is 1.81. The average molecular weight is 223 g/mol. The van der Waals surface area contributed by atoms with E-state index in [0.717, 1.165) is 16.5 Å². The first-order valence-corrected chi connectivity index (χ1v) is 5.22. The highest BCUT2D eigenvalue weighted by Crippen LogP contribution is 2.21. The number of pyridine rings is 1. The molecule has 0 bridgehead atoms. The summed E-state index contributed by atoms with van der Waals surface area (Å²) >= 11 is 0. The van der Waals surface area contributed by atoms with Gasteiger partial charge in [0.2, 0.25) is 0 Å². The Hall–Kier alpha value is -2.49. The summed E-state index contributed by atoms with van der Waals surface area (Å²) in [6.07, 6.45) is 5.18. The topological polar surface area (TPSA) is 58.6 Å². The monoisotopic (exact) mass is 223 g/mol. The van der Waals surface area contributed by atoms with E-state index in [-0.39, 0.29) is 5.56 Å². The zero-order valence-corrected chi connectivity index (χ0v) is 8.92. The van der Waals surface area contributed by atoms with E-state index in [2.05, 4.69) is 15.2 Å². The van der Waals surface area contributed by atoms with Gasteiger partial charge in [-0.2, -0.15) is 5.10 Å². The summed E-state index contributed by atoms with van der Waals surface area (Å²) < 4.78 is 0. The molecule has 0 aliphatic heterocycles. The van der Waals surface area contributed by atoms with Gasteiger partial charge in [-0.3, -0.25) is 9.78 Å². The second-order valence-corrected chi connectivity index (χ2v) is 3.74. The summed E-state index contributed by atoms with van der Waals surface area (Å²) in [7, 11) is 0. The standard InChI is InChI=1S/C13H9N3O/c17-13-12-4-3-9(6-11(12)8-15-16-13)10-2-1-5-14-7-10/h1-8H,(H,16,17). The Morgan fingerprint density at radius 3 is 2.82 bits per heavy atom. The van der Waals surface area contributed by atoms with E-state index in [1.54, 1.807) is 24.7 Å². The molecule has 2 aromatic heterocycles. The van der Waals surface area contributed by atoms with Gasteiger partial charge in [0.15, 0.2) is 0 Å². The third-order valence-corrected chi connectivity index (χ3v) is 2.66. The van der Waals surface area contributed by atoms with Crippen molar-refractivity contribution in [3.05, 3.63) is 59.3 Å². The second kappa shape index (κ2) is 3.83. The highest BCUT2D eigenvalue weighted by molar-refractivity contribution is 5.85. The SMILES string of the molecule is O=c1[nH]ncc2cc(-c3cccnc3)ccc12. The van der Waals surface area contributed by atoms with Crippen molar-refractivity contribution in [3.8, 4) is 11.1 Å². The van der Waals surface area contributed by atoms with Gasteiger partial charge in [-0.15, -0.1) is 0 Å². The zero-order valence-electron chi connectivity index (χ0n) is 8.92. The third kappa shape index (κ3) is 1.69. The molecule has 4 heteroatoms. The van der Waals surface area contributed by atoms with Crippen molar-refractivity contribution < 1.29 is 0 Å². The summed E-state index contributed by atoms with van der Waals surface area (Å²) in [6, 6.07) is 9.52. The van der Waals surface area contributed by atoms with Crippen LogP contribution in [0.3, 0.4) is 0 Å². The van der Waals surface area contributed by atoms with Gasteiger partial charge in [-0.25, -0.2) is 5.10 Å². The number of nitrogens with one attached hydrogen (secondary N) is 1. The van der Waals surface area contributed by atoms with Crippen molar-refractivity contribution in [2.75, 3.05) is 0 Å².